The van der Waals surface area contributed by atoms with Crippen molar-refractivity contribution < 1.29 is 31.4 Å². The average Bonchev–Trinajstić information content (AvgIpc) is 2.76. The summed E-state index contributed by atoms with van der Waals surface area (Å²) in [6, 6.07) is -0.593. The van der Waals surface area contributed by atoms with E-state index >= 15 is 0 Å². The molecule has 0 saturated heterocycles. The van der Waals surface area contributed by atoms with E-state index in [9.17, 15) is 4.79 Å². The molecule has 0 aromatic rings. The number of urea groups is 1. The highest BCUT2D eigenvalue weighted by Gasteiger charge is 2.59. The van der Waals surface area contributed by atoms with Crippen molar-refractivity contribution in [3.05, 3.63) is 0 Å². The van der Waals surface area contributed by atoms with Gasteiger partial charge in [-0.05, 0) is 12.8 Å². The van der Waals surface area contributed by atoms with Gasteiger partial charge in [-0.25, -0.2) is 4.79 Å². The maximum Gasteiger partial charge on any atom is 0.524 e. The molecular weight excluding hydrogens is 424 g/mol. The van der Waals surface area contributed by atoms with Crippen molar-refractivity contribution in [2.45, 2.75) is 76.5 Å². The normalized spacial score (nSPS) is 14.5. The SMILES string of the molecule is CCCCCC(N(C(N)=O)C(CCCCC)[Si](OC)(OC)OC)[Si](OC)(OC)OC. The van der Waals surface area contributed by atoms with Crippen molar-refractivity contribution in [2.24, 2.45) is 5.73 Å². The first-order chi connectivity index (χ1) is 14.3. The number of rotatable bonds is 18. The largest absolute Gasteiger partial charge is 0.524 e. The first-order valence-electron chi connectivity index (χ1n) is 10.7. The molecule has 0 bridgehead atoms. The van der Waals surface area contributed by atoms with Crippen LogP contribution in [0.25, 0.3) is 0 Å². The third kappa shape index (κ3) is 7.26. The molecule has 180 valence electrons. The predicted octanol–water partition coefficient (Wildman–Crippen LogP) is 3.10. The molecule has 0 aliphatic heterocycles. The third-order valence-corrected chi connectivity index (χ3v) is 11.8. The van der Waals surface area contributed by atoms with Gasteiger partial charge in [0.25, 0.3) is 0 Å². The molecule has 9 nitrogen and oxygen atoms in total. The van der Waals surface area contributed by atoms with Crippen LogP contribution in [-0.2, 0) is 26.6 Å². The molecule has 30 heavy (non-hydrogen) atoms. The van der Waals surface area contributed by atoms with Gasteiger partial charge in [0.05, 0.1) is 0 Å². The molecular formula is C19H44N2O7Si2. The van der Waals surface area contributed by atoms with Crippen molar-refractivity contribution in [3.8, 4) is 0 Å². The van der Waals surface area contributed by atoms with Gasteiger partial charge in [-0.1, -0.05) is 52.4 Å². The molecule has 11 heteroatoms. The maximum atomic E-state index is 12.9. The lowest BCUT2D eigenvalue weighted by atomic mass is 10.1. The molecule has 0 radical (unpaired) electrons. The van der Waals surface area contributed by atoms with Crippen molar-refractivity contribution in [1.82, 2.24) is 4.90 Å². The molecule has 0 spiro atoms. The Kier molecular flexibility index (Phi) is 15.0. The quantitative estimate of drug-likeness (QED) is 0.244. The fraction of sp³-hybridized carbons (Fsp3) is 0.947. The molecule has 2 unspecified atom stereocenters. The Morgan fingerprint density at radius 3 is 1.20 bits per heavy atom. The first kappa shape index (κ1) is 29.5. The summed E-state index contributed by atoms with van der Waals surface area (Å²) in [6.07, 6.45) is 7.10. The van der Waals surface area contributed by atoms with Gasteiger partial charge < -0.3 is 37.2 Å². The second kappa shape index (κ2) is 15.3. The number of hydrogen-bond donors (Lipinski definition) is 1. The molecule has 0 aliphatic carbocycles. The molecule has 0 fully saturated rings. The van der Waals surface area contributed by atoms with E-state index in [1.807, 2.05) is 0 Å². The Hall–Kier alpha value is -0.536. The van der Waals surface area contributed by atoms with Crippen LogP contribution in [0, 0.1) is 0 Å². The van der Waals surface area contributed by atoms with Gasteiger partial charge >= 0.3 is 23.6 Å². The molecule has 2 atom stereocenters. The second-order valence-corrected chi connectivity index (χ2v) is 13.4. The summed E-state index contributed by atoms with van der Waals surface area (Å²) in [6.45, 7) is 4.25. The molecule has 2 N–H and O–H groups in total. The van der Waals surface area contributed by atoms with Gasteiger partial charge in [-0.15, -0.1) is 0 Å². The highest BCUT2D eigenvalue weighted by molar-refractivity contribution is 6.64. The average molecular weight is 469 g/mol. The minimum atomic E-state index is -3.27. The van der Waals surface area contributed by atoms with E-state index in [0.717, 1.165) is 38.5 Å². The zero-order chi connectivity index (χ0) is 23.2. The Labute approximate surface area is 185 Å². The summed E-state index contributed by atoms with van der Waals surface area (Å²) in [7, 11) is 2.74. The maximum absolute atomic E-state index is 12.9. The van der Waals surface area contributed by atoms with Crippen molar-refractivity contribution in [1.29, 1.82) is 0 Å². The number of unbranched alkanes of at least 4 members (excludes halogenated alkanes) is 4. The molecule has 2 amide bonds. The van der Waals surface area contributed by atoms with Crippen LogP contribution in [-0.4, -0.2) is 82.5 Å². The zero-order valence-corrected chi connectivity index (χ0v) is 22.2. The highest BCUT2D eigenvalue weighted by Crippen LogP contribution is 2.31. The summed E-state index contributed by atoms with van der Waals surface area (Å²) in [5.41, 5.74) is 5.00. The van der Waals surface area contributed by atoms with E-state index in [-0.39, 0.29) is 0 Å². The summed E-state index contributed by atoms with van der Waals surface area (Å²) >= 11 is 0. The van der Waals surface area contributed by atoms with Crippen LogP contribution in [0.5, 0.6) is 0 Å². The number of primary amides is 1. The summed E-state index contributed by atoms with van der Waals surface area (Å²) in [4.78, 5) is 14.5. The van der Waals surface area contributed by atoms with Crippen LogP contribution >= 0.6 is 0 Å². The van der Waals surface area contributed by atoms with Crippen molar-refractivity contribution in [2.75, 3.05) is 42.7 Å². The summed E-state index contributed by atoms with van der Waals surface area (Å²) in [5, 5.41) is 0. The Balaban J connectivity index is 6.46. The van der Waals surface area contributed by atoms with Gasteiger partial charge in [0.15, 0.2) is 0 Å². The topological polar surface area (TPSA) is 102 Å². The first-order valence-corrected chi connectivity index (χ1v) is 14.3. The van der Waals surface area contributed by atoms with Gasteiger partial charge in [0.2, 0.25) is 0 Å². The molecule has 0 rings (SSSR count). The van der Waals surface area contributed by atoms with E-state index < -0.39 is 35.0 Å². The Morgan fingerprint density at radius 1 is 0.700 bits per heavy atom. The molecule has 0 heterocycles. The lowest BCUT2D eigenvalue weighted by Gasteiger charge is -2.46. The fourth-order valence-corrected chi connectivity index (χ4v) is 9.18. The highest BCUT2D eigenvalue weighted by atomic mass is 28.4. The van der Waals surface area contributed by atoms with Crippen LogP contribution in [0.1, 0.15) is 65.2 Å². The van der Waals surface area contributed by atoms with Crippen LogP contribution in [0.4, 0.5) is 4.79 Å². The van der Waals surface area contributed by atoms with E-state index in [1.54, 1.807) is 47.6 Å². The number of nitrogens with two attached hydrogens (primary N) is 1. The molecule has 0 saturated carbocycles. The Bertz CT molecular complexity index is 416. The zero-order valence-electron chi connectivity index (χ0n) is 20.2. The minimum Gasteiger partial charge on any atom is -0.376 e. The second-order valence-electron chi connectivity index (χ2n) is 7.20. The van der Waals surface area contributed by atoms with Crippen LogP contribution in [0.2, 0.25) is 0 Å². The lowest BCUT2D eigenvalue weighted by Crippen LogP contribution is -2.72. The number of nitrogens with zero attached hydrogens (tertiary/aromatic N) is 1. The summed E-state index contributed by atoms with van der Waals surface area (Å²) < 4.78 is 34.7. The lowest BCUT2D eigenvalue weighted by molar-refractivity contribution is 0.0461. The number of carbonyl (C=O) groups excluding carboxylic acids is 1. The molecule has 0 aromatic carbocycles. The van der Waals surface area contributed by atoms with Gasteiger partial charge in [-0.3, -0.25) is 0 Å². The number of carbonyl (C=O) groups is 1. The Morgan fingerprint density at radius 2 is 1.00 bits per heavy atom. The van der Waals surface area contributed by atoms with Crippen molar-refractivity contribution in [3.63, 3.8) is 0 Å². The van der Waals surface area contributed by atoms with E-state index in [4.69, 9.17) is 32.3 Å². The van der Waals surface area contributed by atoms with Crippen LogP contribution in [0.15, 0.2) is 0 Å². The minimum absolute atomic E-state index is 0.486. The van der Waals surface area contributed by atoms with Crippen molar-refractivity contribution >= 4 is 23.6 Å². The molecule has 0 aromatic heterocycles. The van der Waals surface area contributed by atoms with Gasteiger partial charge in [0.1, 0.15) is 11.3 Å². The van der Waals surface area contributed by atoms with Crippen LogP contribution in [0.3, 0.4) is 0 Å². The number of hydrogen-bond acceptors (Lipinski definition) is 7. The van der Waals surface area contributed by atoms with Gasteiger partial charge in [0, 0.05) is 42.7 Å². The third-order valence-electron chi connectivity index (χ3n) is 5.61. The fourth-order valence-electron chi connectivity index (χ4n) is 3.99. The monoisotopic (exact) mass is 468 g/mol. The van der Waals surface area contributed by atoms with Gasteiger partial charge in [-0.2, -0.15) is 0 Å². The van der Waals surface area contributed by atoms with E-state index in [2.05, 4.69) is 13.8 Å². The molecule has 0 aliphatic rings. The standard InChI is InChI=1S/C19H44N2O7Si2/c1-9-11-13-15-17(29(23-3,24-4)25-5)21(19(20)22)18(16-14-12-10-2)30(26-6,27-7)28-8/h17-18H,9-16H2,1-8H3,(H2,20,22). The van der Waals surface area contributed by atoms with E-state index in [1.165, 1.54) is 0 Å². The smallest absolute Gasteiger partial charge is 0.376 e. The van der Waals surface area contributed by atoms with Crippen LogP contribution < -0.4 is 5.73 Å². The predicted molar refractivity (Wildman–Crippen MR) is 121 cm³/mol. The summed E-state index contributed by atoms with van der Waals surface area (Å²) in [5.74, 6) is 0. The number of amides is 2. The van der Waals surface area contributed by atoms with E-state index in [0.29, 0.717) is 12.8 Å².